The standard InChI is InChI=1S/C62H117NO5/c1-3-5-7-9-11-13-34-38-42-46-50-54-60(65)59(58-64)63-61(66)55-51-47-43-39-36-32-30-28-26-24-22-20-18-16-15-17-19-21-23-25-27-29-31-33-37-41-45-49-53-57-68-62(67)56-52-48-44-40-35-14-12-10-8-6-4-2/h10,12,15,17,50,54,59-60,64-65H,3-9,11,13-14,16,18-49,51-53,55-58H2,1-2H3,(H,63,66)/b12-10-,17-15-,54-50+. The summed E-state index contributed by atoms with van der Waals surface area (Å²) in [4.78, 5) is 24.4. The van der Waals surface area contributed by atoms with Gasteiger partial charge in [0.25, 0.3) is 0 Å². The summed E-state index contributed by atoms with van der Waals surface area (Å²) in [5.41, 5.74) is 0. The predicted octanol–water partition coefficient (Wildman–Crippen LogP) is 18.8. The SMILES string of the molecule is CCCC/C=C\CCCCCCCC(=O)OCCCCCCCCCCCCCC/C=C\CCCCCCCCCCCCCCCC(=O)NC(CO)C(O)/C=C/CCCCCCCCCCC. The molecule has 0 aliphatic rings. The van der Waals surface area contributed by atoms with E-state index in [1.54, 1.807) is 6.08 Å². The van der Waals surface area contributed by atoms with E-state index in [1.807, 2.05) is 6.08 Å². The monoisotopic (exact) mass is 956 g/mol. The van der Waals surface area contributed by atoms with Gasteiger partial charge in [0.05, 0.1) is 25.4 Å². The van der Waals surface area contributed by atoms with E-state index in [4.69, 9.17) is 4.74 Å². The molecular formula is C62H117NO5. The van der Waals surface area contributed by atoms with Crippen LogP contribution in [0.25, 0.3) is 0 Å². The molecule has 0 saturated heterocycles. The van der Waals surface area contributed by atoms with Crippen LogP contribution in [-0.4, -0.2) is 47.4 Å². The van der Waals surface area contributed by atoms with Gasteiger partial charge in [0, 0.05) is 12.8 Å². The zero-order chi connectivity index (χ0) is 49.3. The topological polar surface area (TPSA) is 95.9 Å². The minimum atomic E-state index is -0.842. The molecule has 400 valence electrons. The molecule has 0 fully saturated rings. The number of nitrogens with one attached hydrogen (secondary N) is 1. The van der Waals surface area contributed by atoms with Gasteiger partial charge in [-0.3, -0.25) is 9.59 Å². The van der Waals surface area contributed by atoms with Crippen molar-refractivity contribution in [3.05, 3.63) is 36.5 Å². The number of ether oxygens (including phenoxy) is 1. The molecule has 3 N–H and O–H groups in total. The maximum Gasteiger partial charge on any atom is 0.305 e. The summed E-state index contributed by atoms with van der Waals surface area (Å²) in [6.45, 7) is 4.86. The number of carbonyl (C=O) groups is 2. The Morgan fingerprint density at radius 1 is 0.397 bits per heavy atom. The molecule has 0 aromatic carbocycles. The molecule has 0 heterocycles. The first kappa shape index (κ1) is 66.1. The van der Waals surface area contributed by atoms with Crippen LogP contribution in [0.4, 0.5) is 0 Å². The quantitative estimate of drug-likeness (QED) is 0.0321. The molecule has 2 atom stereocenters. The molecular weight excluding hydrogens is 839 g/mol. The van der Waals surface area contributed by atoms with Crippen LogP contribution in [0.15, 0.2) is 36.5 Å². The van der Waals surface area contributed by atoms with Gasteiger partial charge in [-0.25, -0.2) is 0 Å². The third-order valence-electron chi connectivity index (χ3n) is 13.9. The second kappa shape index (κ2) is 57.7. The van der Waals surface area contributed by atoms with Crippen molar-refractivity contribution in [2.24, 2.45) is 0 Å². The van der Waals surface area contributed by atoms with Gasteiger partial charge in [-0.2, -0.15) is 0 Å². The molecule has 0 radical (unpaired) electrons. The molecule has 0 aromatic heterocycles. The number of allylic oxidation sites excluding steroid dienone is 5. The van der Waals surface area contributed by atoms with Crippen LogP contribution in [0.3, 0.4) is 0 Å². The molecule has 0 rings (SSSR count). The van der Waals surface area contributed by atoms with E-state index in [-0.39, 0.29) is 18.5 Å². The Kier molecular flexibility index (Phi) is 56.0. The maximum absolute atomic E-state index is 12.4. The fourth-order valence-corrected chi connectivity index (χ4v) is 9.20. The number of esters is 1. The number of hydrogen-bond acceptors (Lipinski definition) is 5. The van der Waals surface area contributed by atoms with Crippen molar-refractivity contribution >= 4 is 11.9 Å². The highest BCUT2D eigenvalue weighted by atomic mass is 16.5. The van der Waals surface area contributed by atoms with E-state index in [9.17, 15) is 19.8 Å². The molecule has 0 aliphatic heterocycles. The number of aliphatic hydroxyl groups is 2. The van der Waals surface area contributed by atoms with Gasteiger partial charge in [-0.1, -0.05) is 269 Å². The van der Waals surface area contributed by atoms with Crippen LogP contribution in [0.1, 0.15) is 322 Å². The van der Waals surface area contributed by atoms with E-state index in [2.05, 4.69) is 43.5 Å². The molecule has 68 heavy (non-hydrogen) atoms. The average Bonchev–Trinajstić information content (AvgIpc) is 3.34. The Hall–Kier alpha value is -1.92. The zero-order valence-electron chi connectivity index (χ0n) is 45.6. The summed E-state index contributed by atoms with van der Waals surface area (Å²) in [7, 11) is 0. The summed E-state index contributed by atoms with van der Waals surface area (Å²) in [5.74, 6) is -0.0633. The lowest BCUT2D eigenvalue weighted by atomic mass is 10.0. The van der Waals surface area contributed by atoms with Gasteiger partial charge in [-0.15, -0.1) is 0 Å². The van der Waals surface area contributed by atoms with Gasteiger partial charge in [-0.05, 0) is 77.0 Å². The number of unbranched alkanes of at least 4 members (excludes halogenated alkanes) is 41. The lowest BCUT2D eigenvalue weighted by Gasteiger charge is -2.20. The Labute approximate surface area is 424 Å². The molecule has 0 saturated carbocycles. The summed E-state index contributed by atoms with van der Waals surface area (Å²) in [5, 5.41) is 23.0. The van der Waals surface area contributed by atoms with Crippen LogP contribution < -0.4 is 5.32 Å². The van der Waals surface area contributed by atoms with Crippen LogP contribution in [0, 0.1) is 0 Å². The molecule has 1 amide bonds. The molecule has 0 spiro atoms. The van der Waals surface area contributed by atoms with E-state index in [1.165, 1.54) is 250 Å². The number of amides is 1. The van der Waals surface area contributed by atoms with Crippen molar-refractivity contribution in [1.82, 2.24) is 5.32 Å². The highest BCUT2D eigenvalue weighted by Gasteiger charge is 2.18. The first-order valence-electron chi connectivity index (χ1n) is 30.3. The zero-order valence-corrected chi connectivity index (χ0v) is 45.6. The number of hydrogen-bond donors (Lipinski definition) is 3. The summed E-state index contributed by atoms with van der Waals surface area (Å²) in [6.07, 6.45) is 72.0. The summed E-state index contributed by atoms with van der Waals surface area (Å²) < 4.78 is 5.46. The van der Waals surface area contributed by atoms with E-state index in [0.717, 1.165) is 44.9 Å². The number of carbonyl (C=O) groups excluding carboxylic acids is 2. The third kappa shape index (κ3) is 53.4. The third-order valence-corrected chi connectivity index (χ3v) is 13.9. The molecule has 2 unspecified atom stereocenters. The van der Waals surface area contributed by atoms with E-state index >= 15 is 0 Å². The normalized spacial score (nSPS) is 12.8. The van der Waals surface area contributed by atoms with Crippen LogP contribution >= 0.6 is 0 Å². The van der Waals surface area contributed by atoms with Crippen LogP contribution in [0.2, 0.25) is 0 Å². The highest BCUT2D eigenvalue weighted by molar-refractivity contribution is 5.76. The van der Waals surface area contributed by atoms with Crippen molar-refractivity contribution in [1.29, 1.82) is 0 Å². The molecule has 0 bridgehead atoms. The lowest BCUT2D eigenvalue weighted by molar-refractivity contribution is -0.143. The van der Waals surface area contributed by atoms with Crippen LogP contribution in [0.5, 0.6) is 0 Å². The largest absolute Gasteiger partial charge is 0.466 e. The van der Waals surface area contributed by atoms with Crippen molar-refractivity contribution in [3.63, 3.8) is 0 Å². The summed E-state index contributed by atoms with van der Waals surface area (Å²) >= 11 is 0. The number of rotatable bonds is 56. The predicted molar refractivity (Wildman–Crippen MR) is 296 cm³/mol. The first-order valence-corrected chi connectivity index (χ1v) is 30.3. The fraction of sp³-hybridized carbons (Fsp3) is 0.871. The van der Waals surface area contributed by atoms with Gasteiger partial charge in [0.2, 0.25) is 5.91 Å². The van der Waals surface area contributed by atoms with Crippen molar-refractivity contribution in [2.45, 2.75) is 334 Å². The van der Waals surface area contributed by atoms with Crippen molar-refractivity contribution < 1.29 is 24.5 Å². The van der Waals surface area contributed by atoms with Crippen LogP contribution in [-0.2, 0) is 14.3 Å². The highest BCUT2D eigenvalue weighted by Crippen LogP contribution is 2.17. The Balaban J connectivity index is 3.38. The molecule has 6 nitrogen and oxygen atoms in total. The van der Waals surface area contributed by atoms with Crippen molar-refractivity contribution in [3.8, 4) is 0 Å². The van der Waals surface area contributed by atoms with Gasteiger partial charge in [0.1, 0.15) is 0 Å². The lowest BCUT2D eigenvalue weighted by Crippen LogP contribution is -2.45. The van der Waals surface area contributed by atoms with E-state index in [0.29, 0.717) is 19.4 Å². The Morgan fingerprint density at radius 3 is 1.09 bits per heavy atom. The molecule has 6 heteroatoms. The van der Waals surface area contributed by atoms with Gasteiger partial charge >= 0.3 is 5.97 Å². The molecule has 0 aliphatic carbocycles. The first-order chi connectivity index (χ1) is 33.5. The second-order valence-electron chi connectivity index (χ2n) is 20.7. The van der Waals surface area contributed by atoms with E-state index < -0.39 is 12.1 Å². The second-order valence-corrected chi connectivity index (χ2v) is 20.7. The maximum atomic E-state index is 12.4. The minimum Gasteiger partial charge on any atom is -0.466 e. The Bertz CT molecular complexity index is 1100. The summed E-state index contributed by atoms with van der Waals surface area (Å²) in [6, 6.07) is -0.626. The minimum absolute atomic E-state index is 0.00471. The number of aliphatic hydroxyl groups excluding tert-OH is 2. The Morgan fingerprint density at radius 2 is 0.706 bits per heavy atom. The van der Waals surface area contributed by atoms with Gasteiger partial charge in [0.15, 0.2) is 0 Å². The van der Waals surface area contributed by atoms with Gasteiger partial charge < -0.3 is 20.3 Å². The smallest absolute Gasteiger partial charge is 0.305 e. The average molecular weight is 957 g/mol. The van der Waals surface area contributed by atoms with Crippen molar-refractivity contribution in [2.75, 3.05) is 13.2 Å². The molecule has 0 aromatic rings. The fourth-order valence-electron chi connectivity index (χ4n) is 9.20.